The average Bonchev–Trinajstić information content (AvgIpc) is 3.48. The SMILES string of the molecule is CCOC(=O)C1C[C@H]2[C@H]3Cc4ccc(O)cc4[C@@]2(CCN3CC2CC2)CC1=O. The summed E-state index contributed by atoms with van der Waals surface area (Å²) in [6.45, 7) is 4.25. The number of hydrogen-bond donors (Lipinski definition) is 1. The smallest absolute Gasteiger partial charge is 0.316 e. The molecule has 5 rings (SSSR count). The first-order chi connectivity index (χ1) is 13.5. The van der Waals surface area contributed by atoms with Crippen LogP contribution >= 0.6 is 0 Å². The summed E-state index contributed by atoms with van der Waals surface area (Å²) in [7, 11) is 0. The molecule has 4 aliphatic rings. The zero-order valence-corrected chi connectivity index (χ0v) is 16.5. The predicted octanol–water partition coefficient (Wildman–Crippen LogP) is 2.83. The average molecular weight is 383 g/mol. The molecule has 3 fully saturated rings. The van der Waals surface area contributed by atoms with Crippen molar-refractivity contribution in [3.63, 3.8) is 0 Å². The van der Waals surface area contributed by atoms with Crippen LogP contribution < -0.4 is 0 Å². The number of carbonyl (C=O) groups is 2. The van der Waals surface area contributed by atoms with Gasteiger partial charge in [-0.15, -0.1) is 0 Å². The molecule has 0 spiro atoms. The maximum atomic E-state index is 13.0. The number of Topliss-reactive ketones (excluding diaryl/α,β-unsaturated/α-hetero) is 1. The maximum Gasteiger partial charge on any atom is 0.316 e. The molecule has 150 valence electrons. The number of piperidine rings is 1. The van der Waals surface area contributed by atoms with Crippen LogP contribution in [0.2, 0.25) is 0 Å². The van der Waals surface area contributed by atoms with Crippen molar-refractivity contribution in [2.45, 2.75) is 56.9 Å². The number of likely N-dealkylation sites (tertiary alicyclic amines) is 1. The van der Waals surface area contributed by atoms with Crippen molar-refractivity contribution in [1.29, 1.82) is 0 Å². The molecule has 1 aliphatic heterocycles. The van der Waals surface area contributed by atoms with Crippen molar-refractivity contribution < 1.29 is 19.4 Å². The van der Waals surface area contributed by atoms with Crippen LogP contribution in [0.3, 0.4) is 0 Å². The van der Waals surface area contributed by atoms with E-state index in [1.54, 1.807) is 13.0 Å². The lowest BCUT2D eigenvalue weighted by molar-refractivity contribution is -0.157. The fourth-order valence-electron chi connectivity index (χ4n) is 6.20. The monoisotopic (exact) mass is 383 g/mol. The number of benzene rings is 1. The molecule has 0 amide bonds. The third-order valence-electron chi connectivity index (χ3n) is 7.68. The summed E-state index contributed by atoms with van der Waals surface area (Å²) in [6.07, 6.45) is 5.50. The van der Waals surface area contributed by atoms with Crippen LogP contribution in [0.25, 0.3) is 0 Å². The molecule has 5 nitrogen and oxygen atoms in total. The molecule has 2 saturated carbocycles. The number of nitrogens with zero attached hydrogens (tertiary/aromatic N) is 1. The van der Waals surface area contributed by atoms with Gasteiger partial charge >= 0.3 is 5.97 Å². The molecule has 0 aromatic heterocycles. The Kier molecular flexibility index (Phi) is 4.27. The molecule has 1 aromatic carbocycles. The Morgan fingerprint density at radius 2 is 2.18 bits per heavy atom. The lowest BCUT2D eigenvalue weighted by atomic mass is 9.50. The van der Waals surface area contributed by atoms with E-state index >= 15 is 0 Å². The van der Waals surface area contributed by atoms with Crippen LogP contribution in [0.5, 0.6) is 5.75 Å². The summed E-state index contributed by atoms with van der Waals surface area (Å²) in [5.74, 6) is 0.392. The number of phenols is 1. The highest BCUT2D eigenvalue weighted by Gasteiger charge is 2.59. The minimum absolute atomic E-state index is 0.0142. The van der Waals surface area contributed by atoms with E-state index in [0.29, 0.717) is 25.5 Å². The molecule has 1 aromatic rings. The van der Waals surface area contributed by atoms with Crippen LogP contribution in [-0.2, 0) is 26.2 Å². The molecule has 4 atom stereocenters. The molecule has 28 heavy (non-hydrogen) atoms. The minimum atomic E-state index is -0.625. The van der Waals surface area contributed by atoms with Crippen LogP contribution in [0.4, 0.5) is 0 Å². The van der Waals surface area contributed by atoms with Crippen LogP contribution in [0.1, 0.15) is 50.2 Å². The van der Waals surface area contributed by atoms with Gasteiger partial charge in [-0.2, -0.15) is 0 Å². The molecule has 5 heteroatoms. The van der Waals surface area contributed by atoms with Gasteiger partial charge in [0.15, 0.2) is 0 Å². The Hall–Kier alpha value is -1.88. The molecular formula is C23H29NO4. The van der Waals surface area contributed by atoms with E-state index < -0.39 is 5.92 Å². The number of ether oxygens (including phenoxy) is 1. The second-order valence-corrected chi connectivity index (χ2v) is 9.25. The summed E-state index contributed by atoms with van der Waals surface area (Å²) in [5.41, 5.74) is 2.18. The zero-order valence-electron chi connectivity index (χ0n) is 16.5. The summed E-state index contributed by atoms with van der Waals surface area (Å²) in [4.78, 5) is 28.2. The number of phenolic OH excluding ortho intramolecular Hbond substituents is 1. The van der Waals surface area contributed by atoms with Gasteiger partial charge in [-0.1, -0.05) is 6.07 Å². The Labute approximate surface area is 166 Å². The molecule has 0 radical (unpaired) electrons. The van der Waals surface area contributed by atoms with Crippen molar-refractivity contribution in [2.24, 2.45) is 17.8 Å². The predicted molar refractivity (Wildman–Crippen MR) is 104 cm³/mol. The van der Waals surface area contributed by atoms with E-state index in [1.165, 1.54) is 18.4 Å². The molecule has 1 N–H and O–H groups in total. The zero-order chi connectivity index (χ0) is 19.5. The second kappa shape index (κ2) is 6.58. The number of rotatable bonds is 4. The van der Waals surface area contributed by atoms with Gasteiger partial charge in [0.1, 0.15) is 17.5 Å². The summed E-state index contributed by atoms with van der Waals surface area (Å²) in [6, 6.07) is 6.06. The van der Waals surface area contributed by atoms with Crippen molar-refractivity contribution in [1.82, 2.24) is 4.90 Å². The molecule has 1 unspecified atom stereocenters. The topological polar surface area (TPSA) is 66.8 Å². The van der Waals surface area contributed by atoms with Gasteiger partial charge in [0.2, 0.25) is 0 Å². The van der Waals surface area contributed by atoms with Crippen LogP contribution in [-0.4, -0.2) is 47.5 Å². The number of aromatic hydroxyl groups is 1. The first kappa shape index (κ1) is 18.2. The summed E-state index contributed by atoms with van der Waals surface area (Å²) < 4.78 is 5.23. The van der Waals surface area contributed by atoms with Gasteiger partial charge in [0, 0.05) is 24.4 Å². The van der Waals surface area contributed by atoms with E-state index in [4.69, 9.17) is 4.74 Å². The Bertz CT molecular complexity index is 817. The Morgan fingerprint density at radius 1 is 1.36 bits per heavy atom. The minimum Gasteiger partial charge on any atom is -0.508 e. The van der Waals surface area contributed by atoms with Gasteiger partial charge in [0.25, 0.3) is 0 Å². The number of fused-ring (bicyclic) bond motifs is 1. The van der Waals surface area contributed by atoms with Crippen LogP contribution in [0.15, 0.2) is 18.2 Å². The van der Waals surface area contributed by atoms with Crippen molar-refractivity contribution in [2.75, 3.05) is 19.7 Å². The van der Waals surface area contributed by atoms with Gasteiger partial charge in [-0.3, -0.25) is 14.5 Å². The van der Waals surface area contributed by atoms with E-state index in [2.05, 4.69) is 4.90 Å². The molecule has 3 aliphatic carbocycles. The van der Waals surface area contributed by atoms with Crippen LogP contribution in [0, 0.1) is 17.8 Å². The maximum absolute atomic E-state index is 13.0. The third kappa shape index (κ3) is 2.78. The first-order valence-electron chi connectivity index (χ1n) is 10.8. The Morgan fingerprint density at radius 3 is 2.93 bits per heavy atom. The Balaban J connectivity index is 1.55. The molecule has 1 saturated heterocycles. The van der Waals surface area contributed by atoms with Crippen molar-refractivity contribution in [3.8, 4) is 5.75 Å². The number of ketones is 1. The largest absolute Gasteiger partial charge is 0.508 e. The van der Waals surface area contributed by atoms with Gasteiger partial charge in [-0.25, -0.2) is 0 Å². The number of esters is 1. The molecule has 1 heterocycles. The highest BCUT2D eigenvalue weighted by molar-refractivity contribution is 6.00. The van der Waals surface area contributed by atoms with E-state index in [1.807, 2.05) is 12.1 Å². The first-order valence-corrected chi connectivity index (χ1v) is 10.8. The van der Waals surface area contributed by atoms with E-state index in [-0.39, 0.29) is 28.8 Å². The lowest BCUT2D eigenvalue weighted by Crippen LogP contribution is -2.63. The fourth-order valence-corrected chi connectivity index (χ4v) is 6.20. The van der Waals surface area contributed by atoms with Crippen molar-refractivity contribution >= 4 is 11.8 Å². The third-order valence-corrected chi connectivity index (χ3v) is 7.68. The van der Waals surface area contributed by atoms with Gasteiger partial charge in [0.05, 0.1) is 6.61 Å². The highest BCUT2D eigenvalue weighted by atomic mass is 16.5. The van der Waals surface area contributed by atoms with Gasteiger partial charge in [-0.05, 0) is 80.7 Å². The molecule has 2 bridgehead atoms. The van der Waals surface area contributed by atoms with Gasteiger partial charge < -0.3 is 9.84 Å². The highest BCUT2D eigenvalue weighted by Crippen LogP contribution is 2.57. The molecular weight excluding hydrogens is 354 g/mol. The van der Waals surface area contributed by atoms with Crippen molar-refractivity contribution in [3.05, 3.63) is 29.3 Å². The number of carbonyl (C=O) groups excluding carboxylic acids is 2. The van der Waals surface area contributed by atoms with E-state index in [0.717, 1.165) is 37.4 Å². The normalized spacial score (nSPS) is 34.5. The quantitative estimate of drug-likeness (QED) is 0.640. The summed E-state index contributed by atoms with van der Waals surface area (Å²) in [5, 5.41) is 10.2. The summed E-state index contributed by atoms with van der Waals surface area (Å²) >= 11 is 0. The fraction of sp³-hybridized carbons (Fsp3) is 0.652. The van der Waals surface area contributed by atoms with E-state index in [9.17, 15) is 14.7 Å². The lowest BCUT2D eigenvalue weighted by Gasteiger charge is -2.59. The standard InChI is InChI=1S/C23H29NO4/c1-2-28-22(27)17-11-19-20-9-15-5-6-16(25)10-18(15)23(19,12-21(17)26)7-8-24(20)13-14-3-4-14/h5-6,10,14,17,19-20,25H,2-4,7-9,11-13H2,1H3/t17?,19-,20+,23+/m0/s1. The second-order valence-electron chi connectivity index (χ2n) is 9.25. The number of hydrogen-bond acceptors (Lipinski definition) is 5.